The summed E-state index contributed by atoms with van der Waals surface area (Å²) in [6.45, 7) is 7.71. The Hall–Kier alpha value is -5.04. The van der Waals surface area contributed by atoms with Gasteiger partial charge in [-0.2, -0.15) is 10.4 Å². The molecule has 0 radical (unpaired) electrons. The van der Waals surface area contributed by atoms with Crippen LogP contribution < -0.4 is 10.3 Å². The average molecular weight is 579 g/mol. The second-order valence-electron chi connectivity index (χ2n) is 11.6. The van der Waals surface area contributed by atoms with Crippen molar-refractivity contribution in [2.75, 3.05) is 19.7 Å². The Kier molecular flexibility index (Phi) is 8.81. The van der Waals surface area contributed by atoms with Gasteiger partial charge in [0.05, 0.1) is 42.9 Å². The molecule has 2 aromatic heterocycles. The fourth-order valence-electron chi connectivity index (χ4n) is 4.81. The number of carbonyl (C=O) groups is 1. The van der Waals surface area contributed by atoms with Gasteiger partial charge in [-0.25, -0.2) is 19.4 Å². The van der Waals surface area contributed by atoms with E-state index in [2.05, 4.69) is 21.1 Å². The molecule has 0 atom stereocenters. The molecule has 3 heterocycles. The van der Waals surface area contributed by atoms with E-state index in [0.29, 0.717) is 48.4 Å². The summed E-state index contributed by atoms with van der Waals surface area (Å²) in [6.07, 6.45) is 4.75. The van der Waals surface area contributed by atoms with E-state index in [4.69, 9.17) is 9.47 Å². The first-order chi connectivity index (χ1) is 20.7. The minimum atomic E-state index is -0.500. The topological polar surface area (TPSA) is 123 Å². The van der Waals surface area contributed by atoms with E-state index in [0.717, 1.165) is 29.5 Å². The minimum Gasteiger partial charge on any atom is -0.490 e. The molecule has 5 rings (SSSR count). The SMILES string of the molecule is CC(C)(C)OC(=O)N1CCC(COc2cnc(-c3cccc(Cn4nc(-c5cccc(C#N)c5)ccc4=O)c3)nc2)CC1. The standard InChI is InChI=1S/C33H34N6O4/c1-33(2,3)43-32(41)38-14-12-23(13-15-38)22-42-28-19-35-31(36-20-28)27-9-5-7-25(17-27)21-39-30(40)11-10-29(37-39)26-8-4-6-24(16-26)18-34/h4-11,16-17,19-20,23H,12-15,21-22H2,1-3H3. The van der Waals surface area contributed by atoms with Crippen molar-refractivity contribution < 1.29 is 14.3 Å². The van der Waals surface area contributed by atoms with Gasteiger partial charge < -0.3 is 14.4 Å². The van der Waals surface area contributed by atoms with Crippen molar-refractivity contribution in [1.82, 2.24) is 24.6 Å². The zero-order valence-corrected chi connectivity index (χ0v) is 24.6. The molecule has 10 nitrogen and oxygen atoms in total. The first-order valence-electron chi connectivity index (χ1n) is 14.3. The molecule has 10 heteroatoms. The van der Waals surface area contributed by atoms with Crippen molar-refractivity contribution in [2.45, 2.75) is 45.8 Å². The molecule has 43 heavy (non-hydrogen) atoms. The van der Waals surface area contributed by atoms with Gasteiger partial charge in [0.2, 0.25) is 0 Å². The summed E-state index contributed by atoms with van der Waals surface area (Å²) < 4.78 is 12.8. The van der Waals surface area contributed by atoms with Crippen LogP contribution in [0.2, 0.25) is 0 Å². The van der Waals surface area contributed by atoms with Crippen LogP contribution in [0.1, 0.15) is 44.7 Å². The van der Waals surface area contributed by atoms with Crippen molar-refractivity contribution in [3.63, 3.8) is 0 Å². The monoisotopic (exact) mass is 578 g/mol. The first-order valence-corrected chi connectivity index (χ1v) is 14.3. The Labute approximate surface area is 250 Å². The fourth-order valence-corrected chi connectivity index (χ4v) is 4.81. The van der Waals surface area contributed by atoms with E-state index < -0.39 is 5.60 Å². The zero-order valence-electron chi connectivity index (χ0n) is 24.6. The van der Waals surface area contributed by atoms with Crippen LogP contribution in [0, 0.1) is 17.2 Å². The Bertz CT molecular complexity index is 1680. The molecule has 0 aliphatic carbocycles. The Morgan fingerprint density at radius 1 is 1.00 bits per heavy atom. The third-order valence-electron chi connectivity index (χ3n) is 7.05. The highest BCUT2D eigenvalue weighted by atomic mass is 16.6. The Morgan fingerprint density at radius 3 is 2.44 bits per heavy atom. The van der Waals surface area contributed by atoms with Gasteiger partial charge >= 0.3 is 6.09 Å². The molecule has 0 unspecified atom stereocenters. The number of ether oxygens (including phenoxy) is 2. The number of benzene rings is 2. The van der Waals surface area contributed by atoms with E-state index in [1.807, 2.05) is 51.1 Å². The molecule has 4 aromatic rings. The highest BCUT2D eigenvalue weighted by Crippen LogP contribution is 2.23. The van der Waals surface area contributed by atoms with Crippen molar-refractivity contribution in [3.8, 4) is 34.5 Å². The van der Waals surface area contributed by atoms with Crippen molar-refractivity contribution in [1.29, 1.82) is 5.26 Å². The van der Waals surface area contributed by atoms with E-state index in [9.17, 15) is 14.9 Å². The number of nitrogens with zero attached hydrogens (tertiary/aromatic N) is 6. The molecular weight excluding hydrogens is 544 g/mol. The first kappa shape index (κ1) is 29.5. The second kappa shape index (κ2) is 12.9. The predicted molar refractivity (Wildman–Crippen MR) is 161 cm³/mol. The highest BCUT2D eigenvalue weighted by molar-refractivity contribution is 5.68. The third-order valence-corrected chi connectivity index (χ3v) is 7.05. The summed E-state index contributed by atoms with van der Waals surface area (Å²) in [5.41, 5.74) is 2.87. The number of hydrogen-bond donors (Lipinski definition) is 0. The molecular formula is C33H34N6O4. The zero-order chi connectivity index (χ0) is 30.4. The number of piperidine rings is 1. The van der Waals surface area contributed by atoms with Crippen LogP contribution in [0.15, 0.2) is 77.9 Å². The maximum Gasteiger partial charge on any atom is 0.410 e. The smallest absolute Gasteiger partial charge is 0.410 e. The normalized spacial score (nSPS) is 13.8. The predicted octanol–water partition coefficient (Wildman–Crippen LogP) is 5.31. The molecule has 1 aliphatic heterocycles. The molecule has 1 saturated heterocycles. The van der Waals surface area contributed by atoms with E-state index >= 15 is 0 Å². The van der Waals surface area contributed by atoms with Gasteiger partial charge in [-0.15, -0.1) is 0 Å². The summed E-state index contributed by atoms with van der Waals surface area (Å²) in [5.74, 6) is 1.46. The molecule has 0 saturated carbocycles. The van der Waals surface area contributed by atoms with E-state index in [1.54, 1.807) is 41.6 Å². The maximum absolute atomic E-state index is 12.6. The van der Waals surface area contributed by atoms with Crippen LogP contribution in [-0.2, 0) is 11.3 Å². The van der Waals surface area contributed by atoms with Gasteiger partial charge in [-0.05, 0) is 69.4 Å². The largest absolute Gasteiger partial charge is 0.490 e. The summed E-state index contributed by atoms with van der Waals surface area (Å²) in [5, 5.41) is 13.7. The van der Waals surface area contributed by atoms with Crippen molar-refractivity contribution >= 4 is 6.09 Å². The summed E-state index contributed by atoms with van der Waals surface area (Å²) in [6, 6.07) is 20.1. The van der Waals surface area contributed by atoms with E-state index in [-0.39, 0.29) is 18.2 Å². The molecule has 0 N–H and O–H groups in total. The number of aromatic nitrogens is 4. The lowest BCUT2D eigenvalue weighted by atomic mass is 9.98. The number of likely N-dealkylation sites (tertiary alicyclic amines) is 1. The number of amides is 1. The molecule has 1 aliphatic rings. The van der Waals surface area contributed by atoms with E-state index in [1.165, 1.54) is 10.7 Å². The van der Waals surface area contributed by atoms with Crippen LogP contribution in [0.3, 0.4) is 0 Å². The molecule has 0 bridgehead atoms. The van der Waals surface area contributed by atoms with Gasteiger partial charge in [-0.3, -0.25) is 4.79 Å². The summed E-state index contributed by atoms with van der Waals surface area (Å²) in [7, 11) is 0. The lowest BCUT2D eigenvalue weighted by Crippen LogP contribution is -2.42. The van der Waals surface area contributed by atoms with Crippen LogP contribution >= 0.6 is 0 Å². The van der Waals surface area contributed by atoms with Gasteiger partial charge in [0.1, 0.15) is 5.60 Å². The van der Waals surface area contributed by atoms with Crippen LogP contribution in [0.25, 0.3) is 22.6 Å². The molecule has 0 spiro atoms. The van der Waals surface area contributed by atoms with Crippen molar-refractivity contribution in [2.24, 2.45) is 5.92 Å². The number of nitriles is 1. The van der Waals surface area contributed by atoms with Gasteiger partial charge in [0.25, 0.3) is 5.56 Å². The van der Waals surface area contributed by atoms with Crippen molar-refractivity contribution in [3.05, 3.63) is 94.5 Å². The lowest BCUT2D eigenvalue weighted by molar-refractivity contribution is 0.0165. The summed E-state index contributed by atoms with van der Waals surface area (Å²) >= 11 is 0. The Balaban J connectivity index is 1.18. The third kappa shape index (κ3) is 7.83. The lowest BCUT2D eigenvalue weighted by Gasteiger charge is -2.33. The van der Waals surface area contributed by atoms with Gasteiger partial charge in [-0.1, -0.05) is 30.3 Å². The number of rotatable bonds is 7. The second-order valence-corrected chi connectivity index (χ2v) is 11.6. The molecule has 2 aromatic carbocycles. The highest BCUT2D eigenvalue weighted by Gasteiger charge is 2.27. The van der Waals surface area contributed by atoms with Crippen LogP contribution in [0.5, 0.6) is 5.75 Å². The number of hydrogen-bond acceptors (Lipinski definition) is 8. The average Bonchev–Trinajstić information content (AvgIpc) is 3.01. The maximum atomic E-state index is 12.6. The molecule has 220 valence electrons. The quantitative estimate of drug-likeness (QED) is 0.289. The Morgan fingerprint density at radius 2 is 1.72 bits per heavy atom. The molecule has 1 fully saturated rings. The van der Waals surface area contributed by atoms with Crippen LogP contribution in [-0.4, -0.2) is 56.0 Å². The molecule has 1 amide bonds. The summed E-state index contributed by atoms with van der Waals surface area (Å²) in [4.78, 5) is 35.6. The number of carbonyl (C=O) groups excluding carboxylic acids is 1. The van der Waals surface area contributed by atoms with Gasteiger partial charge in [0.15, 0.2) is 11.6 Å². The van der Waals surface area contributed by atoms with Gasteiger partial charge in [0, 0.05) is 30.3 Å². The fraction of sp³-hybridized carbons (Fsp3) is 0.333. The minimum absolute atomic E-state index is 0.223. The van der Waals surface area contributed by atoms with Crippen LogP contribution in [0.4, 0.5) is 4.79 Å².